The summed E-state index contributed by atoms with van der Waals surface area (Å²) in [5, 5.41) is 11.3. The highest BCUT2D eigenvalue weighted by Crippen LogP contribution is 2.46. The van der Waals surface area contributed by atoms with Crippen molar-refractivity contribution in [2.24, 2.45) is 29.6 Å². The number of aliphatic hydroxyl groups excluding tert-OH is 1. The summed E-state index contributed by atoms with van der Waals surface area (Å²) in [6.07, 6.45) is 2.64. The summed E-state index contributed by atoms with van der Waals surface area (Å²) >= 11 is 0. The van der Waals surface area contributed by atoms with Crippen molar-refractivity contribution in [3.05, 3.63) is 12.2 Å². The van der Waals surface area contributed by atoms with Crippen LogP contribution in [0.15, 0.2) is 12.2 Å². The molecule has 10 heteroatoms. The van der Waals surface area contributed by atoms with E-state index in [1.165, 1.54) is 6.92 Å². The Balaban J connectivity index is 2.15. The second kappa shape index (κ2) is 14.7. The fourth-order valence-corrected chi connectivity index (χ4v) is 7.86. The number of hydrogen-bond acceptors (Lipinski definition) is 10. The molecule has 1 N–H and O–H groups in total. The average Bonchev–Trinajstić information content (AvgIpc) is 3.30. The van der Waals surface area contributed by atoms with E-state index in [4.69, 9.17) is 30.1 Å². The molecule has 45 heavy (non-hydrogen) atoms. The predicted molar refractivity (Wildman–Crippen MR) is 169 cm³/mol. The van der Waals surface area contributed by atoms with E-state index in [9.17, 15) is 19.5 Å². The molecule has 0 aliphatic carbocycles. The van der Waals surface area contributed by atoms with Crippen LogP contribution in [0.1, 0.15) is 74.7 Å². The fourth-order valence-electron chi connectivity index (χ4n) is 7.86. The molecule has 0 radical (unpaired) electrons. The number of ether oxygens (including phenoxy) is 5. The number of fused-ring (bicyclic) bond motifs is 1. The number of likely N-dealkylation sites (N-methyl/N-ethyl adjacent to an activating group) is 1. The van der Waals surface area contributed by atoms with Crippen molar-refractivity contribution in [2.75, 3.05) is 27.3 Å². The average molecular weight is 634 g/mol. The summed E-state index contributed by atoms with van der Waals surface area (Å²) in [6.45, 7) is 18.6. The first-order valence-electron chi connectivity index (χ1n) is 16.3. The highest BCUT2D eigenvalue weighted by atomic mass is 16.7. The molecule has 3 aliphatic heterocycles. The van der Waals surface area contributed by atoms with Crippen molar-refractivity contribution >= 4 is 17.5 Å². The first-order valence-corrected chi connectivity index (χ1v) is 16.3. The zero-order valence-corrected chi connectivity index (χ0v) is 28.8. The maximum absolute atomic E-state index is 14.2. The van der Waals surface area contributed by atoms with Gasteiger partial charge in [0.05, 0.1) is 24.4 Å². The van der Waals surface area contributed by atoms with E-state index in [1.807, 2.05) is 53.6 Å². The van der Waals surface area contributed by atoms with Gasteiger partial charge < -0.3 is 33.7 Å². The summed E-state index contributed by atoms with van der Waals surface area (Å²) in [5.41, 5.74) is -1.54. The van der Waals surface area contributed by atoms with Crippen LogP contribution in [0.5, 0.6) is 0 Å². The van der Waals surface area contributed by atoms with E-state index in [2.05, 4.69) is 12.5 Å². The number of terminal acetylenes is 1. The van der Waals surface area contributed by atoms with Crippen molar-refractivity contribution in [1.82, 2.24) is 4.90 Å². The van der Waals surface area contributed by atoms with Crippen LogP contribution in [0.2, 0.25) is 0 Å². The largest absolute Gasteiger partial charge is 0.459 e. The number of carbonyl (C=O) groups excluding carboxylic acids is 3. The van der Waals surface area contributed by atoms with Gasteiger partial charge in [-0.2, -0.15) is 0 Å². The van der Waals surface area contributed by atoms with Gasteiger partial charge in [0.15, 0.2) is 12.1 Å². The van der Waals surface area contributed by atoms with Gasteiger partial charge >= 0.3 is 5.97 Å². The Morgan fingerprint density at radius 1 is 1.09 bits per heavy atom. The first-order chi connectivity index (χ1) is 20.9. The molecule has 254 valence electrons. The summed E-state index contributed by atoms with van der Waals surface area (Å²) in [6, 6.07) is -0.265. The smallest absolute Gasteiger partial charge is 0.316 e. The second-order valence-corrected chi connectivity index (χ2v) is 14.1. The predicted octanol–water partition coefficient (Wildman–Crippen LogP) is 3.58. The number of esters is 1. The van der Waals surface area contributed by atoms with Crippen molar-refractivity contribution in [3.8, 4) is 12.3 Å². The van der Waals surface area contributed by atoms with E-state index in [1.54, 1.807) is 13.8 Å². The van der Waals surface area contributed by atoms with Crippen LogP contribution in [-0.2, 0) is 38.1 Å². The lowest BCUT2D eigenvalue weighted by Gasteiger charge is -2.47. The molecule has 3 heterocycles. The normalized spacial score (nSPS) is 43.8. The SMILES string of the molecule is C#CCO[C@]1(C)CC(C)C(=O)C(C)[C@@H]2C(=C)CO[C@]2(C)[C@@H](CC)OC(=O)C(C)C(=O)[C@H](C)[C@H]1O[C@@H]1O[C@H](C)C[C@H](N(C)C)[C@H]1O. The highest BCUT2D eigenvalue weighted by Gasteiger charge is 2.55. The molecule has 0 bridgehead atoms. The number of cyclic esters (lactones) is 1. The highest BCUT2D eigenvalue weighted by molar-refractivity contribution is 6.00. The van der Waals surface area contributed by atoms with Gasteiger partial charge in [0.1, 0.15) is 36.1 Å². The Labute approximate surface area is 269 Å². The molecule has 0 aromatic heterocycles. The van der Waals surface area contributed by atoms with Gasteiger partial charge in [0.2, 0.25) is 0 Å². The number of aliphatic hydroxyl groups is 1. The van der Waals surface area contributed by atoms with Gasteiger partial charge in [-0.15, -0.1) is 6.42 Å². The van der Waals surface area contributed by atoms with Crippen LogP contribution in [-0.4, -0.2) is 103 Å². The van der Waals surface area contributed by atoms with Gasteiger partial charge in [0.25, 0.3) is 0 Å². The molecule has 13 atom stereocenters. The number of ketones is 2. The lowest BCUT2D eigenvalue weighted by molar-refractivity contribution is -0.296. The van der Waals surface area contributed by atoms with E-state index in [-0.39, 0.29) is 37.6 Å². The lowest BCUT2D eigenvalue weighted by Crippen LogP contribution is -2.59. The molecule has 3 rings (SSSR count). The van der Waals surface area contributed by atoms with Crippen molar-refractivity contribution < 1.29 is 43.2 Å². The number of nitrogens with zero attached hydrogens (tertiary/aromatic N) is 1. The van der Waals surface area contributed by atoms with E-state index >= 15 is 0 Å². The molecule has 3 saturated heterocycles. The topological polar surface area (TPSA) is 121 Å². The quantitative estimate of drug-likeness (QED) is 0.201. The Kier molecular flexibility index (Phi) is 12.2. The summed E-state index contributed by atoms with van der Waals surface area (Å²) < 4.78 is 31.2. The van der Waals surface area contributed by atoms with Crippen LogP contribution in [0.4, 0.5) is 0 Å². The van der Waals surface area contributed by atoms with Crippen LogP contribution < -0.4 is 0 Å². The Bertz CT molecular complexity index is 1150. The van der Waals surface area contributed by atoms with Crippen molar-refractivity contribution in [1.29, 1.82) is 0 Å². The molecular weight excluding hydrogens is 578 g/mol. The van der Waals surface area contributed by atoms with Crippen LogP contribution >= 0.6 is 0 Å². The minimum absolute atomic E-state index is 0.0482. The van der Waals surface area contributed by atoms with Gasteiger partial charge in [-0.3, -0.25) is 14.4 Å². The molecule has 3 unspecified atom stereocenters. The summed E-state index contributed by atoms with van der Waals surface area (Å²) in [7, 11) is 3.74. The monoisotopic (exact) mass is 633 g/mol. The number of rotatable bonds is 6. The standard InChI is InChI=1S/C35H55NO9/c1-13-15-41-34(9)17-19(3)28(37)22(6)27-20(4)18-42-35(27,10)26(14-2)44-32(40)24(8)29(38)23(7)31(34)45-33-30(39)25(36(11)12)16-21(5)43-33/h1,19,21-27,30-31,33,39H,4,14-18H2,2-3,5-12H3/t19?,21-,22?,23+,24?,25+,26-,27+,30-,31-,33+,34-,35-/m1/s1. The molecule has 3 aliphatic rings. The van der Waals surface area contributed by atoms with Crippen molar-refractivity contribution in [3.63, 3.8) is 0 Å². The molecule has 0 amide bonds. The van der Waals surface area contributed by atoms with E-state index in [0.29, 0.717) is 12.8 Å². The molecular formula is C35H55NO9. The first kappa shape index (κ1) is 37.3. The maximum atomic E-state index is 14.2. The minimum Gasteiger partial charge on any atom is -0.459 e. The molecule has 10 nitrogen and oxygen atoms in total. The number of hydrogen-bond donors (Lipinski definition) is 1. The lowest BCUT2D eigenvalue weighted by atomic mass is 9.69. The number of Topliss-reactive ketones (excluding diaryl/α,β-unsaturated/α-hetero) is 2. The minimum atomic E-state index is -1.29. The van der Waals surface area contributed by atoms with Crippen LogP contribution in [0.3, 0.4) is 0 Å². The molecule has 0 saturated carbocycles. The zero-order chi connectivity index (χ0) is 34.0. The van der Waals surface area contributed by atoms with E-state index in [0.717, 1.165) is 5.57 Å². The fraction of sp³-hybridized carbons (Fsp3) is 0.800. The third-order valence-electron chi connectivity index (χ3n) is 10.4. The van der Waals surface area contributed by atoms with Gasteiger partial charge in [-0.25, -0.2) is 0 Å². The summed E-state index contributed by atoms with van der Waals surface area (Å²) in [4.78, 5) is 43.8. The molecule has 3 fully saturated rings. The summed E-state index contributed by atoms with van der Waals surface area (Å²) in [5.74, 6) is -2.24. The molecule has 0 aromatic carbocycles. The maximum Gasteiger partial charge on any atom is 0.316 e. The van der Waals surface area contributed by atoms with Crippen LogP contribution in [0.25, 0.3) is 0 Å². The zero-order valence-electron chi connectivity index (χ0n) is 28.8. The second-order valence-electron chi connectivity index (χ2n) is 14.1. The Hall–Kier alpha value is -2.13. The Morgan fingerprint density at radius 3 is 2.31 bits per heavy atom. The Morgan fingerprint density at radius 2 is 1.73 bits per heavy atom. The third kappa shape index (κ3) is 7.55. The van der Waals surface area contributed by atoms with E-state index < -0.39 is 77.1 Å². The number of carbonyl (C=O) groups is 3. The third-order valence-corrected chi connectivity index (χ3v) is 10.4. The van der Waals surface area contributed by atoms with Gasteiger partial charge in [-0.1, -0.05) is 40.2 Å². The van der Waals surface area contributed by atoms with Crippen LogP contribution in [0, 0.1) is 41.9 Å². The van der Waals surface area contributed by atoms with Crippen molar-refractivity contribution in [2.45, 2.75) is 123 Å². The van der Waals surface area contributed by atoms with Gasteiger partial charge in [0, 0.05) is 29.7 Å². The van der Waals surface area contributed by atoms with Gasteiger partial charge in [-0.05, 0) is 66.6 Å². The molecule has 0 spiro atoms. The molecule has 0 aromatic rings.